The molecule has 0 fully saturated rings. The fourth-order valence-corrected chi connectivity index (χ4v) is 3.01. The van der Waals surface area contributed by atoms with Crippen molar-refractivity contribution in [3.63, 3.8) is 0 Å². The second-order valence-corrected chi connectivity index (χ2v) is 6.64. The fraction of sp³-hybridized carbons (Fsp3) is 0.391. The van der Waals surface area contributed by atoms with E-state index < -0.39 is 0 Å². The van der Waals surface area contributed by atoms with Gasteiger partial charge in [-0.15, -0.1) is 0 Å². The van der Waals surface area contributed by atoms with Crippen LogP contribution in [0, 0.1) is 0 Å². The summed E-state index contributed by atoms with van der Waals surface area (Å²) in [4.78, 5) is 16.7. The van der Waals surface area contributed by atoms with Crippen LogP contribution in [0.15, 0.2) is 41.4 Å². The summed E-state index contributed by atoms with van der Waals surface area (Å²) in [6.45, 7) is 6.18. The average Bonchev–Trinajstić information content (AvgIpc) is 2.80. The van der Waals surface area contributed by atoms with E-state index in [0.29, 0.717) is 48.4 Å². The topological polar surface area (TPSA) is 93.2 Å². The quantitative estimate of drug-likeness (QED) is 0.398. The van der Waals surface area contributed by atoms with Crippen LogP contribution in [0.25, 0.3) is 0 Å². The molecule has 0 atom stereocenters. The van der Waals surface area contributed by atoms with Crippen molar-refractivity contribution in [1.29, 1.82) is 0 Å². The highest BCUT2D eigenvalue weighted by atomic mass is 16.5. The number of rotatable bonds is 10. The van der Waals surface area contributed by atoms with Crippen LogP contribution in [0.2, 0.25) is 0 Å². The van der Waals surface area contributed by atoms with Crippen LogP contribution in [0.4, 0.5) is 0 Å². The van der Waals surface area contributed by atoms with E-state index in [4.69, 9.17) is 14.2 Å². The number of guanidine groups is 1. The van der Waals surface area contributed by atoms with Gasteiger partial charge in [0, 0.05) is 25.2 Å². The van der Waals surface area contributed by atoms with Crippen LogP contribution in [0.3, 0.4) is 0 Å². The summed E-state index contributed by atoms with van der Waals surface area (Å²) in [5.41, 5.74) is 2.55. The molecule has 0 heterocycles. The number of carbonyl (C=O) groups excluding carboxylic acids is 1. The van der Waals surface area contributed by atoms with Crippen molar-refractivity contribution < 1.29 is 19.0 Å². The third-order valence-corrected chi connectivity index (χ3v) is 4.47. The van der Waals surface area contributed by atoms with Crippen molar-refractivity contribution in [1.82, 2.24) is 16.0 Å². The second kappa shape index (κ2) is 12.3. The molecule has 0 saturated carbocycles. The highest BCUT2D eigenvalue weighted by Crippen LogP contribution is 2.38. The molecule has 0 radical (unpaired) electrons. The fourth-order valence-electron chi connectivity index (χ4n) is 3.01. The monoisotopic (exact) mass is 428 g/mol. The zero-order valence-electron chi connectivity index (χ0n) is 18.9. The maximum absolute atomic E-state index is 12.1. The molecule has 2 rings (SSSR count). The molecular weight excluding hydrogens is 396 g/mol. The first-order chi connectivity index (χ1) is 15.1. The van der Waals surface area contributed by atoms with Gasteiger partial charge in [0.25, 0.3) is 5.91 Å². The van der Waals surface area contributed by atoms with Crippen LogP contribution < -0.4 is 30.2 Å². The van der Waals surface area contributed by atoms with Crippen LogP contribution in [-0.2, 0) is 13.1 Å². The zero-order valence-corrected chi connectivity index (χ0v) is 18.9. The van der Waals surface area contributed by atoms with E-state index in [1.165, 1.54) is 0 Å². The number of benzene rings is 2. The van der Waals surface area contributed by atoms with E-state index in [-0.39, 0.29) is 5.91 Å². The lowest BCUT2D eigenvalue weighted by Gasteiger charge is -2.14. The van der Waals surface area contributed by atoms with Crippen molar-refractivity contribution in [2.24, 2.45) is 4.99 Å². The summed E-state index contributed by atoms with van der Waals surface area (Å²) in [6.07, 6.45) is 0. The summed E-state index contributed by atoms with van der Waals surface area (Å²) < 4.78 is 16.2. The molecule has 168 valence electrons. The first-order valence-electron chi connectivity index (χ1n) is 10.2. The lowest BCUT2D eigenvalue weighted by Crippen LogP contribution is -2.36. The van der Waals surface area contributed by atoms with Gasteiger partial charge in [-0.25, -0.2) is 4.99 Å². The SMILES string of the molecule is CCNC(=O)c1cccc(CNC(=NCc2cc(OC)c(OC)c(OC)c2)NCC)c1. The Balaban J connectivity index is 2.12. The van der Waals surface area contributed by atoms with Crippen molar-refractivity contribution >= 4 is 11.9 Å². The van der Waals surface area contributed by atoms with E-state index in [1.54, 1.807) is 27.4 Å². The Labute approximate surface area is 184 Å². The third kappa shape index (κ3) is 6.80. The van der Waals surface area contributed by atoms with Gasteiger partial charge >= 0.3 is 0 Å². The molecule has 0 aliphatic carbocycles. The molecule has 2 aromatic rings. The van der Waals surface area contributed by atoms with Gasteiger partial charge in [0.1, 0.15) is 0 Å². The van der Waals surface area contributed by atoms with Gasteiger partial charge in [0.05, 0.1) is 27.9 Å². The molecule has 3 N–H and O–H groups in total. The number of methoxy groups -OCH3 is 3. The number of hydrogen-bond donors (Lipinski definition) is 3. The Morgan fingerprint density at radius 2 is 1.55 bits per heavy atom. The molecule has 31 heavy (non-hydrogen) atoms. The average molecular weight is 429 g/mol. The van der Waals surface area contributed by atoms with Gasteiger partial charge in [0.2, 0.25) is 5.75 Å². The highest BCUT2D eigenvalue weighted by molar-refractivity contribution is 5.94. The van der Waals surface area contributed by atoms with Crippen molar-refractivity contribution in [3.8, 4) is 17.2 Å². The van der Waals surface area contributed by atoms with Crippen LogP contribution >= 0.6 is 0 Å². The Bertz CT molecular complexity index is 874. The number of amides is 1. The molecule has 0 spiro atoms. The maximum atomic E-state index is 12.1. The van der Waals surface area contributed by atoms with E-state index in [0.717, 1.165) is 17.7 Å². The van der Waals surface area contributed by atoms with E-state index in [1.807, 2.05) is 44.2 Å². The molecule has 0 aliphatic rings. The summed E-state index contributed by atoms with van der Waals surface area (Å²) in [6, 6.07) is 11.3. The number of hydrogen-bond acceptors (Lipinski definition) is 5. The standard InChI is InChI=1S/C23H32N4O4/c1-6-24-22(28)18-10-8-9-16(11-18)14-26-23(25-7-2)27-15-17-12-19(29-3)21(31-5)20(13-17)30-4/h8-13H,6-7,14-15H2,1-5H3,(H,24,28)(H2,25,26,27). The number of nitrogens with zero attached hydrogens (tertiary/aromatic N) is 1. The largest absolute Gasteiger partial charge is 0.493 e. The minimum Gasteiger partial charge on any atom is -0.493 e. The Hall–Kier alpha value is -3.42. The predicted octanol–water partition coefficient (Wildman–Crippen LogP) is 2.72. The van der Waals surface area contributed by atoms with Crippen LogP contribution in [-0.4, -0.2) is 46.3 Å². The predicted molar refractivity (Wildman–Crippen MR) is 122 cm³/mol. The van der Waals surface area contributed by atoms with E-state index in [9.17, 15) is 4.79 Å². The summed E-state index contributed by atoms with van der Waals surface area (Å²) in [5, 5.41) is 9.35. The zero-order chi connectivity index (χ0) is 22.6. The van der Waals surface area contributed by atoms with Gasteiger partial charge in [-0.3, -0.25) is 4.79 Å². The van der Waals surface area contributed by atoms with E-state index >= 15 is 0 Å². The smallest absolute Gasteiger partial charge is 0.251 e. The number of nitrogens with one attached hydrogen (secondary N) is 3. The lowest BCUT2D eigenvalue weighted by atomic mass is 10.1. The summed E-state index contributed by atoms with van der Waals surface area (Å²) in [7, 11) is 4.75. The van der Waals surface area contributed by atoms with Crippen molar-refractivity contribution in [2.75, 3.05) is 34.4 Å². The Kier molecular flexibility index (Phi) is 9.48. The molecule has 1 amide bonds. The first kappa shape index (κ1) is 23.9. The van der Waals surface area contributed by atoms with Crippen molar-refractivity contribution in [3.05, 3.63) is 53.1 Å². The first-order valence-corrected chi connectivity index (χ1v) is 10.2. The molecule has 0 aromatic heterocycles. The van der Waals surface area contributed by atoms with Gasteiger partial charge in [-0.1, -0.05) is 12.1 Å². The molecule has 0 bridgehead atoms. The lowest BCUT2D eigenvalue weighted by molar-refractivity contribution is 0.0955. The second-order valence-electron chi connectivity index (χ2n) is 6.64. The molecule has 8 nitrogen and oxygen atoms in total. The molecular formula is C23H32N4O4. The molecule has 8 heteroatoms. The van der Waals surface area contributed by atoms with Gasteiger partial charge in [-0.05, 0) is 49.2 Å². The van der Waals surface area contributed by atoms with Crippen LogP contribution in [0.5, 0.6) is 17.2 Å². The Morgan fingerprint density at radius 3 is 2.13 bits per heavy atom. The number of carbonyl (C=O) groups is 1. The van der Waals surface area contributed by atoms with Crippen LogP contribution in [0.1, 0.15) is 35.3 Å². The summed E-state index contributed by atoms with van der Waals surface area (Å²) >= 11 is 0. The molecule has 2 aromatic carbocycles. The van der Waals surface area contributed by atoms with Gasteiger partial charge in [-0.2, -0.15) is 0 Å². The van der Waals surface area contributed by atoms with Gasteiger partial charge in [0.15, 0.2) is 17.5 Å². The van der Waals surface area contributed by atoms with Crippen molar-refractivity contribution in [2.45, 2.75) is 26.9 Å². The maximum Gasteiger partial charge on any atom is 0.251 e. The minimum absolute atomic E-state index is 0.0766. The minimum atomic E-state index is -0.0766. The summed E-state index contributed by atoms with van der Waals surface area (Å²) in [5.74, 6) is 2.32. The molecule has 0 saturated heterocycles. The third-order valence-electron chi connectivity index (χ3n) is 4.47. The Morgan fingerprint density at radius 1 is 0.871 bits per heavy atom. The van der Waals surface area contributed by atoms with Gasteiger partial charge < -0.3 is 30.2 Å². The van der Waals surface area contributed by atoms with E-state index in [2.05, 4.69) is 20.9 Å². The highest BCUT2D eigenvalue weighted by Gasteiger charge is 2.13. The normalized spacial score (nSPS) is 10.9. The molecule has 0 aliphatic heterocycles. The number of aliphatic imine (C=N–C) groups is 1. The number of ether oxygens (including phenoxy) is 3. The molecule has 0 unspecified atom stereocenters.